The number of thiazole rings is 1. The van der Waals surface area contributed by atoms with E-state index >= 15 is 0 Å². The van der Waals surface area contributed by atoms with Gasteiger partial charge in [0.1, 0.15) is 12.3 Å². The maximum atomic E-state index is 10.9. The van der Waals surface area contributed by atoms with Crippen molar-refractivity contribution < 1.29 is 13.9 Å². The minimum atomic E-state index is -0.113. The number of furan rings is 1. The summed E-state index contributed by atoms with van der Waals surface area (Å²) >= 11 is 1.37. The number of nitrogens with zero attached hydrogens (tertiary/aromatic N) is 3. The lowest BCUT2D eigenvalue weighted by Crippen LogP contribution is -2.37. The SMILES string of the molecule is C#CCN(N)[N+](=C)c1nc(-c2ccc(CNC(C)=O)o2)cs1.Cl. The zero-order valence-electron chi connectivity index (χ0n) is 12.5. The van der Waals surface area contributed by atoms with Crippen LogP contribution in [0.2, 0.25) is 0 Å². The number of hydrogen-bond donors (Lipinski definition) is 2. The van der Waals surface area contributed by atoms with Gasteiger partial charge in [-0.2, -0.15) is 5.12 Å². The fourth-order valence-corrected chi connectivity index (χ4v) is 2.37. The highest BCUT2D eigenvalue weighted by atomic mass is 35.5. The van der Waals surface area contributed by atoms with Crippen LogP contribution >= 0.6 is 23.7 Å². The number of aromatic nitrogens is 1. The molecule has 0 aromatic carbocycles. The van der Waals surface area contributed by atoms with Crippen molar-refractivity contribution in [2.45, 2.75) is 13.5 Å². The van der Waals surface area contributed by atoms with E-state index in [0.29, 0.717) is 28.9 Å². The summed E-state index contributed by atoms with van der Waals surface area (Å²) in [5.41, 5.74) is 0.664. The molecule has 9 heteroatoms. The van der Waals surface area contributed by atoms with Crippen LogP contribution < -0.4 is 11.2 Å². The lowest BCUT2D eigenvalue weighted by molar-refractivity contribution is -0.616. The maximum absolute atomic E-state index is 10.9. The van der Waals surface area contributed by atoms with Crippen LogP contribution in [0.15, 0.2) is 21.9 Å². The molecule has 0 fully saturated rings. The molecular formula is C14H17ClN5O2S+. The largest absolute Gasteiger partial charge is 0.455 e. The molecule has 2 aromatic rings. The second-order valence-corrected chi connectivity index (χ2v) is 5.23. The van der Waals surface area contributed by atoms with E-state index in [1.807, 2.05) is 5.38 Å². The lowest BCUT2D eigenvalue weighted by Gasteiger charge is -2.11. The summed E-state index contributed by atoms with van der Waals surface area (Å²) in [7, 11) is 0. The Kier molecular flexibility index (Phi) is 6.78. The zero-order chi connectivity index (χ0) is 16.1. The number of hydrogen-bond acceptors (Lipinski definition) is 6. The van der Waals surface area contributed by atoms with Gasteiger partial charge in [0.05, 0.1) is 18.6 Å². The summed E-state index contributed by atoms with van der Waals surface area (Å²) in [6, 6.07) is 3.59. The molecule has 0 aliphatic carbocycles. The number of halogens is 1. The molecule has 0 atom stereocenters. The Hall–Kier alpha value is -2.34. The number of hydrazone groups is 1. The summed E-state index contributed by atoms with van der Waals surface area (Å²) in [6.45, 7) is 5.81. The smallest absolute Gasteiger partial charge is 0.407 e. The first kappa shape index (κ1) is 18.7. The summed E-state index contributed by atoms with van der Waals surface area (Å²) in [6.07, 6.45) is 5.21. The molecule has 3 N–H and O–H groups in total. The molecule has 0 spiro atoms. The molecule has 2 heterocycles. The first-order valence-corrected chi connectivity index (χ1v) is 7.24. The molecule has 122 valence electrons. The van der Waals surface area contributed by atoms with E-state index in [4.69, 9.17) is 16.7 Å². The number of rotatable bonds is 6. The van der Waals surface area contributed by atoms with Gasteiger partial charge in [-0.05, 0) is 28.5 Å². The Morgan fingerprint density at radius 3 is 3.04 bits per heavy atom. The van der Waals surface area contributed by atoms with Gasteiger partial charge >= 0.3 is 5.13 Å². The second-order valence-electron chi connectivity index (χ2n) is 4.39. The van der Waals surface area contributed by atoms with Gasteiger partial charge in [-0.25, -0.2) is 5.84 Å². The van der Waals surface area contributed by atoms with Crippen LogP contribution in [0.1, 0.15) is 12.7 Å². The summed E-state index contributed by atoms with van der Waals surface area (Å²) in [5, 5.41) is 6.37. The van der Waals surface area contributed by atoms with Crippen LogP contribution in [-0.2, 0) is 11.3 Å². The highest BCUT2D eigenvalue weighted by Crippen LogP contribution is 2.27. The van der Waals surface area contributed by atoms with Gasteiger partial charge in [-0.3, -0.25) is 4.79 Å². The molecule has 1 amide bonds. The highest BCUT2D eigenvalue weighted by molar-refractivity contribution is 7.13. The van der Waals surface area contributed by atoms with E-state index in [1.54, 1.807) is 12.1 Å². The minimum Gasteiger partial charge on any atom is -0.455 e. The van der Waals surface area contributed by atoms with Gasteiger partial charge in [0.15, 0.2) is 5.76 Å². The third-order valence-corrected chi connectivity index (χ3v) is 3.56. The number of amides is 1. The lowest BCUT2D eigenvalue weighted by atomic mass is 10.3. The van der Waals surface area contributed by atoms with Crippen molar-refractivity contribution in [3.63, 3.8) is 0 Å². The first-order valence-electron chi connectivity index (χ1n) is 6.36. The topological polar surface area (TPSA) is 87.4 Å². The normalized spacial score (nSPS) is 9.61. The fraction of sp³-hybridized carbons (Fsp3) is 0.214. The molecule has 0 unspecified atom stereocenters. The Morgan fingerprint density at radius 1 is 1.65 bits per heavy atom. The number of carbonyl (C=O) groups is 1. The van der Waals surface area contributed by atoms with E-state index in [9.17, 15) is 4.79 Å². The van der Waals surface area contributed by atoms with Gasteiger partial charge in [0.25, 0.3) is 0 Å². The van der Waals surface area contributed by atoms with Crippen LogP contribution in [0.25, 0.3) is 11.5 Å². The van der Waals surface area contributed by atoms with Crippen molar-refractivity contribution in [2.24, 2.45) is 5.84 Å². The number of nitrogens with two attached hydrogens (primary N) is 1. The molecule has 0 aliphatic rings. The molecule has 0 radical (unpaired) electrons. The van der Waals surface area contributed by atoms with E-state index < -0.39 is 0 Å². The van der Waals surface area contributed by atoms with Crippen molar-refractivity contribution in [3.8, 4) is 23.8 Å². The quantitative estimate of drug-likeness (QED) is 0.270. The summed E-state index contributed by atoms with van der Waals surface area (Å²) < 4.78 is 7.06. The minimum absolute atomic E-state index is 0. The molecule has 23 heavy (non-hydrogen) atoms. The van der Waals surface area contributed by atoms with Gasteiger partial charge in [0, 0.05) is 6.92 Å². The van der Waals surface area contributed by atoms with Crippen LogP contribution in [0.4, 0.5) is 5.13 Å². The molecule has 0 saturated heterocycles. The Bertz CT molecular complexity index is 734. The van der Waals surface area contributed by atoms with E-state index in [1.165, 1.54) is 28.1 Å². The standard InChI is InChI=1S/C14H15N5O2S.ClH/c1-4-7-19(15)18(3)14-17-12(9-22-14)13-6-5-11(21-13)8-16-10(2)20;/h1,5-6,9H,3,7-8,15H2,2H3;1H/p+1. The van der Waals surface area contributed by atoms with Crippen molar-refractivity contribution in [1.82, 2.24) is 15.4 Å². The van der Waals surface area contributed by atoms with E-state index in [2.05, 4.69) is 22.9 Å². The molecule has 0 bridgehead atoms. The van der Waals surface area contributed by atoms with Crippen molar-refractivity contribution in [3.05, 3.63) is 23.3 Å². The summed E-state index contributed by atoms with van der Waals surface area (Å²) in [4.78, 5) is 15.3. The van der Waals surface area contributed by atoms with Crippen LogP contribution in [0.3, 0.4) is 0 Å². The predicted molar refractivity (Wildman–Crippen MR) is 91.4 cm³/mol. The van der Waals surface area contributed by atoms with E-state index in [-0.39, 0.29) is 24.9 Å². The number of hydrazine groups is 2. The van der Waals surface area contributed by atoms with Crippen molar-refractivity contribution in [1.29, 1.82) is 0 Å². The van der Waals surface area contributed by atoms with Gasteiger partial charge < -0.3 is 9.73 Å². The number of nitrogens with one attached hydrogen (secondary N) is 1. The third-order valence-electron chi connectivity index (χ3n) is 2.70. The highest BCUT2D eigenvalue weighted by Gasteiger charge is 2.21. The average molecular weight is 355 g/mol. The first-order chi connectivity index (χ1) is 10.5. The molecule has 0 aliphatic heterocycles. The maximum Gasteiger partial charge on any atom is 0.407 e. The second kappa shape index (κ2) is 8.33. The van der Waals surface area contributed by atoms with Crippen molar-refractivity contribution >= 4 is 41.5 Å². The zero-order valence-corrected chi connectivity index (χ0v) is 14.1. The monoisotopic (exact) mass is 354 g/mol. The molecular weight excluding hydrogens is 338 g/mol. The average Bonchev–Trinajstić information content (AvgIpc) is 3.13. The fourth-order valence-electron chi connectivity index (χ4n) is 1.61. The third kappa shape index (κ3) is 4.82. The van der Waals surface area contributed by atoms with Crippen LogP contribution in [-0.4, -0.2) is 34.0 Å². The van der Waals surface area contributed by atoms with Gasteiger partial charge in [-0.1, -0.05) is 5.92 Å². The Balaban J connectivity index is 0.00000264. The van der Waals surface area contributed by atoms with Crippen LogP contribution in [0, 0.1) is 12.3 Å². The molecule has 2 aromatic heterocycles. The molecule has 0 saturated carbocycles. The Labute approximate surface area is 144 Å². The Morgan fingerprint density at radius 2 is 2.39 bits per heavy atom. The van der Waals surface area contributed by atoms with Crippen LogP contribution in [0.5, 0.6) is 0 Å². The summed E-state index contributed by atoms with van der Waals surface area (Å²) in [5.74, 6) is 9.31. The number of terminal acetylenes is 1. The predicted octanol–water partition coefficient (Wildman–Crippen LogP) is 1.53. The van der Waals surface area contributed by atoms with Crippen molar-refractivity contribution in [2.75, 3.05) is 6.54 Å². The van der Waals surface area contributed by atoms with Gasteiger partial charge in [0.2, 0.25) is 11.6 Å². The van der Waals surface area contributed by atoms with E-state index in [0.717, 1.165) is 0 Å². The van der Waals surface area contributed by atoms with Gasteiger partial charge in [-0.15, -0.1) is 23.5 Å². The molecule has 2 rings (SSSR count). The number of carbonyl (C=O) groups excluding carboxylic acids is 1. The molecule has 7 nitrogen and oxygen atoms in total.